The van der Waals surface area contributed by atoms with Gasteiger partial charge in [0.2, 0.25) is 0 Å². The van der Waals surface area contributed by atoms with Gasteiger partial charge in [-0.1, -0.05) is 0 Å². The Hall–Kier alpha value is -1.64. The van der Waals surface area contributed by atoms with Crippen molar-refractivity contribution >= 4 is 7.05 Å². The SMILES string of the molecule is CB(O)NCCCn1ccnc1.NCCCn1ccnc1. The van der Waals surface area contributed by atoms with E-state index in [0.29, 0.717) is 0 Å². The summed E-state index contributed by atoms with van der Waals surface area (Å²) in [6.07, 6.45) is 13.0. The Kier molecular flexibility index (Phi) is 9.18. The molecule has 0 saturated heterocycles. The maximum Gasteiger partial charge on any atom is 0.373 e. The number of hydrogen-bond acceptors (Lipinski definition) is 5. The second-order valence-corrected chi connectivity index (χ2v) is 4.73. The average molecular weight is 292 g/mol. The van der Waals surface area contributed by atoms with E-state index in [-0.39, 0.29) is 0 Å². The van der Waals surface area contributed by atoms with Crippen molar-refractivity contribution in [2.24, 2.45) is 5.73 Å². The van der Waals surface area contributed by atoms with Crippen LogP contribution in [0.4, 0.5) is 0 Å². The molecule has 116 valence electrons. The fraction of sp³-hybridized carbons (Fsp3) is 0.538. The average Bonchev–Trinajstić information content (AvgIpc) is 3.15. The summed E-state index contributed by atoms with van der Waals surface area (Å²) < 4.78 is 4.04. The van der Waals surface area contributed by atoms with Gasteiger partial charge in [-0.25, -0.2) is 9.97 Å². The second-order valence-electron chi connectivity index (χ2n) is 4.73. The van der Waals surface area contributed by atoms with Crippen molar-refractivity contribution in [1.29, 1.82) is 0 Å². The van der Waals surface area contributed by atoms with Crippen molar-refractivity contribution in [3.63, 3.8) is 0 Å². The molecule has 0 spiro atoms. The van der Waals surface area contributed by atoms with E-state index >= 15 is 0 Å². The molecule has 0 bridgehead atoms. The molecule has 2 heterocycles. The molecule has 21 heavy (non-hydrogen) atoms. The normalized spacial score (nSPS) is 10.0. The van der Waals surface area contributed by atoms with Gasteiger partial charge in [-0.05, 0) is 32.8 Å². The van der Waals surface area contributed by atoms with Crippen LogP contribution in [0.1, 0.15) is 12.8 Å². The molecular weight excluding hydrogens is 267 g/mol. The van der Waals surface area contributed by atoms with Gasteiger partial charge < -0.3 is 25.1 Å². The lowest BCUT2D eigenvalue weighted by Gasteiger charge is -2.04. The van der Waals surface area contributed by atoms with Gasteiger partial charge in [-0.3, -0.25) is 0 Å². The van der Waals surface area contributed by atoms with Gasteiger partial charge in [-0.2, -0.15) is 0 Å². The van der Waals surface area contributed by atoms with Gasteiger partial charge in [0, 0.05) is 37.9 Å². The number of rotatable bonds is 8. The third-order valence-electron chi connectivity index (χ3n) is 2.77. The van der Waals surface area contributed by atoms with Crippen LogP contribution in [0.3, 0.4) is 0 Å². The van der Waals surface area contributed by atoms with Crippen LogP contribution in [0.25, 0.3) is 0 Å². The number of nitrogens with zero attached hydrogens (tertiary/aromatic N) is 4. The van der Waals surface area contributed by atoms with Crippen molar-refractivity contribution in [3.8, 4) is 0 Å². The highest BCUT2D eigenvalue weighted by atomic mass is 16.2. The van der Waals surface area contributed by atoms with Crippen molar-refractivity contribution < 1.29 is 5.02 Å². The summed E-state index contributed by atoms with van der Waals surface area (Å²) in [5.41, 5.74) is 5.31. The van der Waals surface area contributed by atoms with Gasteiger partial charge in [0.05, 0.1) is 12.7 Å². The predicted molar refractivity (Wildman–Crippen MR) is 84.6 cm³/mol. The van der Waals surface area contributed by atoms with E-state index in [2.05, 4.69) is 15.2 Å². The number of imidazole rings is 2. The zero-order chi connectivity index (χ0) is 15.3. The lowest BCUT2D eigenvalue weighted by Crippen LogP contribution is -2.31. The highest BCUT2D eigenvalue weighted by molar-refractivity contribution is 6.45. The molecule has 0 fully saturated rings. The third kappa shape index (κ3) is 9.01. The van der Waals surface area contributed by atoms with E-state index in [0.717, 1.165) is 39.0 Å². The lowest BCUT2D eigenvalue weighted by atomic mass is 9.89. The van der Waals surface area contributed by atoms with E-state index in [1.807, 2.05) is 21.5 Å². The maximum absolute atomic E-state index is 8.88. The van der Waals surface area contributed by atoms with E-state index in [9.17, 15) is 0 Å². The molecule has 2 aromatic heterocycles. The number of aromatic nitrogens is 4. The van der Waals surface area contributed by atoms with Gasteiger partial charge in [0.25, 0.3) is 0 Å². The van der Waals surface area contributed by atoms with Gasteiger partial charge in [0.1, 0.15) is 0 Å². The molecule has 8 heteroatoms. The third-order valence-corrected chi connectivity index (χ3v) is 2.77. The molecule has 0 aliphatic heterocycles. The summed E-state index contributed by atoms with van der Waals surface area (Å²) in [4.78, 5) is 7.83. The smallest absolute Gasteiger partial charge is 0.373 e. The van der Waals surface area contributed by atoms with Crippen LogP contribution in [0, 0.1) is 0 Å². The summed E-state index contributed by atoms with van der Waals surface area (Å²) in [5, 5.41) is 11.8. The van der Waals surface area contributed by atoms with Crippen molar-refractivity contribution in [2.75, 3.05) is 13.1 Å². The van der Waals surface area contributed by atoms with Gasteiger partial charge in [-0.15, -0.1) is 0 Å². The zero-order valence-electron chi connectivity index (χ0n) is 12.6. The van der Waals surface area contributed by atoms with Crippen LogP contribution in [0.15, 0.2) is 37.4 Å². The Balaban J connectivity index is 0.000000219. The fourth-order valence-corrected chi connectivity index (χ4v) is 1.68. The molecule has 0 aliphatic carbocycles. The summed E-state index contributed by atoms with van der Waals surface area (Å²) in [6.45, 7) is 5.22. The van der Waals surface area contributed by atoms with Crippen molar-refractivity contribution in [2.45, 2.75) is 32.8 Å². The first kappa shape index (κ1) is 17.4. The molecule has 0 atom stereocenters. The summed E-state index contributed by atoms with van der Waals surface area (Å²) >= 11 is 0. The number of hydrogen-bond donors (Lipinski definition) is 3. The molecule has 2 rings (SSSR count). The number of nitrogens with two attached hydrogens (primary N) is 1. The standard InChI is InChI=1S/C7H14BN3O.C6H11N3/c1-8(12)10-3-2-5-11-6-4-9-7-11;7-2-1-4-9-5-3-8-6-9/h4,6-7,10,12H,2-3,5H2,1H3;3,5-6H,1-2,4,7H2. The summed E-state index contributed by atoms with van der Waals surface area (Å²) in [5.74, 6) is 0. The monoisotopic (exact) mass is 292 g/mol. The Labute approximate surface area is 126 Å². The van der Waals surface area contributed by atoms with E-state index in [1.54, 1.807) is 31.9 Å². The van der Waals surface area contributed by atoms with Crippen LogP contribution < -0.4 is 11.0 Å². The first-order chi connectivity index (χ1) is 10.2. The second kappa shape index (κ2) is 11.1. The molecule has 0 aliphatic rings. The summed E-state index contributed by atoms with van der Waals surface area (Å²) in [6, 6.07) is 0. The predicted octanol–water partition coefficient (Wildman–Crippen LogP) is 0.205. The Morgan fingerprint density at radius 2 is 1.67 bits per heavy atom. The topological polar surface area (TPSA) is 93.9 Å². The minimum atomic E-state index is -0.409. The van der Waals surface area contributed by atoms with Crippen LogP contribution in [-0.2, 0) is 13.1 Å². The first-order valence-corrected chi connectivity index (χ1v) is 7.25. The Bertz CT molecular complexity index is 431. The Morgan fingerprint density at radius 3 is 2.10 bits per heavy atom. The number of nitrogens with one attached hydrogen (secondary N) is 1. The minimum Gasteiger partial charge on any atom is -0.437 e. The minimum absolute atomic E-state index is 0.409. The van der Waals surface area contributed by atoms with Crippen molar-refractivity contribution in [3.05, 3.63) is 37.4 Å². The maximum atomic E-state index is 8.88. The molecule has 4 N–H and O–H groups in total. The van der Waals surface area contributed by atoms with Gasteiger partial charge in [0.15, 0.2) is 0 Å². The summed E-state index contributed by atoms with van der Waals surface area (Å²) in [7, 11) is -0.409. The highest BCUT2D eigenvalue weighted by Gasteiger charge is 1.99. The molecular formula is C13H25BN6O. The molecule has 7 nitrogen and oxygen atoms in total. The van der Waals surface area contributed by atoms with Crippen LogP contribution in [0.2, 0.25) is 6.82 Å². The van der Waals surface area contributed by atoms with E-state index < -0.39 is 7.05 Å². The van der Waals surface area contributed by atoms with E-state index in [1.165, 1.54) is 0 Å². The highest BCUT2D eigenvalue weighted by Crippen LogP contribution is 1.89. The van der Waals surface area contributed by atoms with Crippen molar-refractivity contribution in [1.82, 2.24) is 24.3 Å². The van der Waals surface area contributed by atoms with E-state index in [4.69, 9.17) is 10.8 Å². The lowest BCUT2D eigenvalue weighted by molar-refractivity contribution is 0.542. The van der Waals surface area contributed by atoms with Crippen LogP contribution in [-0.4, -0.2) is 44.3 Å². The molecule has 0 unspecified atom stereocenters. The first-order valence-electron chi connectivity index (χ1n) is 7.25. The number of aryl methyl sites for hydroxylation is 2. The largest absolute Gasteiger partial charge is 0.437 e. The molecule has 0 aromatic carbocycles. The quantitative estimate of drug-likeness (QED) is 0.477. The van der Waals surface area contributed by atoms with Crippen LogP contribution in [0.5, 0.6) is 0 Å². The Morgan fingerprint density at radius 1 is 1.10 bits per heavy atom. The van der Waals surface area contributed by atoms with Crippen LogP contribution >= 0.6 is 0 Å². The zero-order valence-corrected chi connectivity index (χ0v) is 12.6. The molecule has 0 radical (unpaired) electrons. The molecule has 0 saturated carbocycles. The molecule has 2 aromatic rings. The van der Waals surface area contributed by atoms with Gasteiger partial charge >= 0.3 is 7.05 Å². The fourth-order valence-electron chi connectivity index (χ4n) is 1.68. The molecule has 0 amide bonds.